The van der Waals surface area contributed by atoms with Crippen molar-refractivity contribution in [3.63, 3.8) is 0 Å². The summed E-state index contributed by atoms with van der Waals surface area (Å²) < 4.78 is 12.2. The summed E-state index contributed by atoms with van der Waals surface area (Å²) in [4.78, 5) is 18.1. The van der Waals surface area contributed by atoms with Crippen LogP contribution >= 0.6 is 0 Å². The average Bonchev–Trinajstić information content (AvgIpc) is 2.92. The molecule has 1 amide bonds. The Hall–Kier alpha value is -2.33. The number of terminal acetylenes is 1. The first-order chi connectivity index (χ1) is 17.1. The summed E-state index contributed by atoms with van der Waals surface area (Å²) in [5.41, 5.74) is 1.90. The average molecular weight is 481 g/mol. The third-order valence-corrected chi connectivity index (χ3v) is 7.74. The van der Waals surface area contributed by atoms with Gasteiger partial charge < -0.3 is 24.4 Å². The molecule has 2 fully saturated rings. The number of piperidine rings is 2. The third-order valence-electron chi connectivity index (χ3n) is 7.74. The van der Waals surface area contributed by atoms with Gasteiger partial charge in [0.05, 0.1) is 0 Å². The summed E-state index contributed by atoms with van der Waals surface area (Å²) in [6, 6.07) is 8.52. The number of ether oxygens (including phenoxy) is 2. The Bertz CT molecular complexity index is 892. The maximum atomic E-state index is 13.6. The minimum atomic E-state index is -0.529. The van der Waals surface area contributed by atoms with Crippen LogP contribution in [-0.2, 0) is 14.3 Å². The van der Waals surface area contributed by atoms with E-state index in [4.69, 9.17) is 15.9 Å². The Morgan fingerprint density at radius 2 is 1.86 bits per heavy atom. The number of aliphatic hydroxyl groups excluding tert-OH is 1. The van der Waals surface area contributed by atoms with Gasteiger partial charge in [0.15, 0.2) is 5.76 Å². The molecule has 2 saturated heterocycles. The minimum absolute atomic E-state index is 0.000161. The number of nitrogens with zero attached hydrogens (tertiary/aromatic N) is 2. The highest BCUT2D eigenvalue weighted by Crippen LogP contribution is 2.40. The number of carbonyl (C=O) groups excluding carboxylic acids is 1. The smallest absolute Gasteiger partial charge is 0.288 e. The molecule has 190 valence electrons. The fourth-order valence-corrected chi connectivity index (χ4v) is 5.81. The summed E-state index contributed by atoms with van der Waals surface area (Å²) in [7, 11) is 0. The normalized spacial score (nSPS) is 26.0. The highest BCUT2D eigenvalue weighted by atomic mass is 16.7. The SMILES string of the molecule is C#Cc1ccc([C@H]2C=C(C(=O)N3CCC(N4CCCCC4)CC3)O[C@@H](OCC)[C@H]2CCCO)cc1. The molecule has 0 spiro atoms. The first kappa shape index (κ1) is 25.8. The largest absolute Gasteiger partial charge is 0.459 e. The fourth-order valence-electron chi connectivity index (χ4n) is 5.81. The number of benzene rings is 1. The van der Waals surface area contributed by atoms with Crippen LogP contribution < -0.4 is 0 Å². The maximum Gasteiger partial charge on any atom is 0.288 e. The molecule has 0 saturated carbocycles. The Labute approximate surface area is 210 Å². The molecule has 0 aromatic heterocycles. The molecular weight excluding hydrogens is 440 g/mol. The van der Waals surface area contributed by atoms with E-state index in [2.05, 4.69) is 10.8 Å². The zero-order chi connectivity index (χ0) is 24.6. The number of hydrogen-bond donors (Lipinski definition) is 1. The number of rotatable bonds is 8. The van der Waals surface area contributed by atoms with Crippen molar-refractivity contribution in [3.05, 3.63) is 47.2 Å². The highest BCUT2D eigenvalue weighted by molar-refractivity contribution is 5.92. The molecule has 3 aliphatic rings. The van der Waals surface area contributed by atoms with E-state index >= 15 is 0 Å². The van der Waals surface area contributed by atoms with Crippen LogP contribution in [0, 0.1) is 18.3 Å². The van der Waals surface area contributed by atoms with Gasteiger partial charge in [0.1, 0.15) is 0 Å². The lowest BCUT2D eigenvalue weighted by Crippen LogP contribution is -2.49. The number of carbonyl (C=O) groups is 1. The number of amides is 1. The van der Waals surface area contributed by atoms with Gasteiger partial charge in [-0.25, -0.2) is 0 Å². The lowest BCUT2D eigenvalue weighted by molar-refractivity contribution is -0.171. The van der Waals surface area contributed by atoms with Crippen LogP contribution in [0.25, 0.3) is 0 Å². The Kier molecular flexibility index (Phi) is 9.25. The van der Waals surface area contributed by atoms with Crippen LogP contribution in [0.15, 0.2) is 36.1 Å². The molecular formula is C29H40N2O4. The van der Waals surface area contributed by atoms with E-state index in [1.54, 1.807) is 0 Å². The van der Waals surface area contributed by atoms with E-state index in [0.717, 1.165) is 43.5 Å². The molecule has 1 aromatic carbocycles. The predicted molar refractivity (Wildman–Crippen MR) is 137 cm³/mol. The summed E-state index contributed by atoms with van der Waals surface area (Å²) in [6.45, 7) is 6.45. The lowest BCUT2D eigenvalue weighted by Gasteiger charge is -2.41. The number of hydrogen-bond acceptors (Lipinski definition) is 5. The Morgan fingerprint density at radius 1 is 1.14 bits per heavy atom. The van der Waals surface area contributed by atoms with Crippen LogP contribution in [0.4, 0.5) is 0 Å². The van der Waals surface area contributed by atoms with Crippen molar-refractivity contribution in [1.29, 1.82) is 0 Å². The van der Waals surface area contributed by atoms with E-state index < -0.39 is 6.29 Å². The monoisotopic (exact) mass is 480 g/mol. The van der Waals surface area contributed by atoms with E-state index in [0.29, 0.717) is 24.8 Å². The number of allylic oxidation sites excluding steroid dienone is 1. The van der Waals surface area contributed by atoms with Crippen molar-refractivity contribution < 1.29 is 19.4 Å². The molecule has 0 unspecified atom stereocenters. The van der Waals surface area contributed by atoms with Crippen molar-refractivity contribution in [1.82, 2.24) is 9.80 Å². The lowest BCUT2D eigenvalue weighted by atomic mass is 9.80. The van der Waals surface area contributed by atoms with Crippen molar-refractivity contribution in [3.8, 4) is 12.3 Å². The standard InChI is InChI=1S/C29H40N2O4/c1-3-22-10-12-23(13-11-22)26-21-27(35-29(34-4-2)25(26)9-8-20-32)28(33)31-18-14-24(15-19-31)30-16-6-5-7-17-30/h1,10-13,21,24-26,29,32H,4-9,14-20H2,2H3/t25-,26+,29+/m0/s1. The highest BCUT2D eigenvalue weighted by Gasteiger charge is 2.39. The third kappa shape index (κ3) is 6.27. The summed E-state index contributed by atoms with van der Waals surface area (Å²) in [6.07, 6.45) is 14.3. The first-order valence-corrected chi connectivity index (χ1v) is 13.4. The van der Waals surface area contributed by atoms with E-state index in [1.807, 2.05) is 42.2 Å². The second-order valence-corrected chi connectivity index (χ2v) is 9.91. The Balaban J connectivity index is 1.52. The second kappa shape index (κ2) is 12.6. The molecule has 3 atom stereocenters. The number of likely N-dealkylation sites (tertiary alicyclic amines) is 2. The van der Waals surface area contributed by atoms with Gasteiger partial charge in [-0.3, -0.25) is 4.79 Å². The molecule has 6 nitrogen and oxygen atoms in total. The minimum Gasteiger partial charge on any atom is -0.459 e. The molecule has 4 rings (SSSR count). The molecule has 3 heterocycles. The molecule has 0 bridgehead atoms. The van der Waals surface area contributed by atoms with Gasteiger partial charge >= 0.3 is 0 Å². The van der Waals surface area contributed by atoms with Gasteiger partial charge in [-0.2, -0.15) is 0 Å². The zero-order valence-corrected chi connectivity index (χ0v) is 21.0. The Morgan fingerprint density at radius 3 is 2.49 bits per heavy atom. The van der Waals surface area contributed by atoms with E-state index in [9.17, 15) is 9.90 Å². The van der Waals surface area contributed by atoms with Crippen molar-refractivity contribution >= 4 is 5.91 Å². The summed E-state index contributed by atoms with van der Waals surface area (Å²) >= 11 is 0. The fraction of sp³-hybridized carbons (Fsp3) is 0.621. The van der Waals surface area contributed by atoms with Gasteiger partial charge in [0.2, 0.25) is 6.29 Å². The van der Waals surface area contributed by atoms with Crippen LogP contribution in [0.5, 0.6) is 0 Å². The molecule has 1 N–H and O–H groups in total. The molecule has 6 heteroatoms. The number of aliphatic hydroxyl groups is 1. The zero-order valence-electron chi connectivity index (χ0n) is 21.0. The molecule has 0 aliphatic carbocycles. The molecule has 35 heavy (non-hydrogen) atoms. The predicted octanol–water partition coefficient (Wildman–Crippen LogP) is 3.89. The van der Waals surface area contributed by atoms with Gasteiger partial charge in [0.25, 0.3) is 5.91 Å². The van der Waals surface area contributed by atoms with Gasteiger partial charge in [-0.05, 0) is 82.3 Å². The van der Waals surface area contributed by atoms with Crippen LogP contribution in [0.2, 0.25) is 0 Å². The first-order valence-electron chi connectivity index (χ1n) is 13.4. The second-order valence-electron chi connectivity index (χ2n) is 9.91. The maximum absolute atomic E-state index is 13.6. The van der Waals surface area contributed by atoms with E-state index in [1.165, 1.54) is 32.4 Å². The summed E-state index contributed by atoms with van der Waals surface area (Å²) in [5.74, 6) is 2.95. The van der Waals surface area contributed by atoms with Crippen LogP contribution in [0.1, 0.15) is 68.9 Å². The topological polar surface area (TPSA) is 62.2 Å². The van der Waals surface area contributed by atoms with Crippen molar-refractivity contribution in [2.24, 2.45) is 5.92 Å². The van der Waals surface area contributed by atoms with Crippen molar-refractivity contribution in [2.45, 2.75) is 70.1 Å². The molecule has 1 aromatic rings. The van der Waals surface area contributed by atoms with Crippen LogP contribution in [0.3, 0.4) is 0 Å². The van der Waals surface area contributed by atoms with Gasteiger partial charge in [-0.15, -0.1) is 6.42 Å². The van der Waals surface area contributed by atoms with Crippen molar-refractivity contribution in [2.75, 3.05) is 39.4 Å². The molecule has 0 radical (unpaired) electrons. The van der Waals surface area contributed by atoms with Crippen LogP contribution in [-0.4, -0.2) is 72.5 Å². The van der Waals surface area contributed by atoms with Gasteiger partial charge in [-0.1, -0.05) is 24.5 Å². The van der Waals surface area contributed by atoms with Gasteiger partial charge in [0, 0.05) is 49.7 Å². The quantitative estimate of drug-likeness (QED) is 0.572. The van der Waals surface area contributed by atoms with E-state index in [-0.39, 0.29) is 24.3 Å². The molecule has 3 aliphatic heterocycles. The summed E-state index contributed by atoms with van der Waals surface area (Å²) in [5, 5.41) is 9.48.